The summed E-state index contributed by atoms with van der Waals surface area (Å²) in [4.78, 5) is 38.2. The van der Waals surface area contributed by atoms with Gasteiger partial charge in [0.15, 0.2) is 18.1 Å². The molecule has 1 aliphatic rings. The number of fused-ring (bicyclic) bond motifs is 1. The van der Waals surface area contributed by atoms with Gasteiger partial charge in [0, 0.05) is 4.88 Å². The topological polar surface area (TPSA) is 100 Å². The van der Waals surface area contributed by atoms with E-state index in [1.807, 2.05) is 38.1 Å². The van der Waals surface area contributed by atoms with Crippen LogP contribution in [0.15, 0.2) is 42.5 Å². The third-order valence-corrected chi connectivity index (χ3v) is 6.32. The molecule has 0 aliphatic carbocycles. The summed E-state index contributed by atoms with van der Waals surface area (Å²) in [5.41, 5.74) is 3.20. The summed E-state index contributed by atoms with van der Waals surface area (Å²) in [6.07, 6.45) is 0.432. The molecule has 2 aromatic carbocycles. The maximum atomic E-state index is 12.6. The average Bonchev–Trinajstić information content (AvgIpc) is 3.40. The number of ether oxygens (including phenoxy) is 4. The van der Waals surface area contributed by atoms with Gasteiger partial charge in [-0.15, -0.1) is 11.3 Å². The van der Waals surface area contributed by atoms with Crippen molar-refractivity contribution in [3.8, 4) is 11.5 Å². The first-order valence-corrected chi connectivity index (χ1v) is 11.3. The molecule has 34 heavy (non-hydrogen) atoms. The lowest BCUT2D eigenvalue weighted by atomic mass is 10.0. The van der Waals surface area contributed by atoms with Crippen LogP contribution >= 0.6 is 11.3 Å². The van der Waals surface area contributed by atoms with Crippen molar-refractivity contribution in [3.63, 3.8) is 0 Å². The highest BCUT2D eigenvalue weighted by atomic mass is 32.1. The van der Waals surface area contributed by atoms with Crippen LogP contribution in [0.3, 0.4) is 0 Å². The molecule has 3 aromatic rings. The molecule has 1 amide bonds. The maximum absolute atomic E-state index is 12.6. The smallest absolute Gasteiger partial charge is 0.341 e. The lowest BCUT2D eigenvalue weighted by Gasteiger charge is -2.09. The van der Waals surface area contributed by atoms with Crippen LogP contribution in [0, 0.1) is 13.8 Å². The number of hydrogen-bond donors (Lipinski definition) is 1. The summed E-state index contributed by atoms with van der Waals surface area (Å²) in [7, 11) is 1.29. The molecule has 8 nitrogen and oxygen atoms in total. The molecule has 0 radical (unpaired) electrons. The van der Waals surface area contributed by atoms with Gasteiger partial charge in [0.25, 0.3) is 5.91 Å². The molecule has 0 unspecified atom stereocenters. The van der Waals surface area contributed by atoms with E-state index in [0.717, 1.165) is 21.6 Å². The number of aryl methyl sites for hydroxylation is 2. The lowest BCUT2D eigenvalue weighted by molar-refractivity contribution is -0.119. The van der Waals surface area contributed by atoms with E-state index in [0.29, 0.717) is 28.5 Å². The summed E-state index contributed by atoms with van der Waals surface area (Å²) in [6, 6.07) is 12.5. The van der Waals surface area contributed by atoms with Gasteiger partial charge in [0.2, 0.25) is 6.79 Å². The van der Waals surface area contributed by atoms with Crippen LogP contribution in [0.4, 0.5) is 5.00 Å². The standard InChI is InChI=1S/C25H23NO7S/c1-14-5-4-6-17(9-14)24(28)31-12-21(27)26-23-22(25(29)30-3)18(15(2)34-23)10-16-7-8-19-20(11-16)33-13-32-19/h4-9,11H,10,12-13H2,1-3H3,(H,26,27). The minimum Gasteiger partial charge on any atom is -0.465 e. The van der Waals surface area contributed by atoms with Crippen LogP contribution in [0.25, 0.3) is 0 Å². The second-order valence-electron chi connectivity index (χ2n) is 7.69. The van der Waals surface area contributed by atoms with E-state index < -0.39 is 24.5 Å². The molecular weight excluding hydrogens is 458 g/mol. The maximum Gasteiger partial charge on any atom is 0.341 e. The highest BCUT2D eigenvalue weighted by Gasteiger charge is 2.25. The number of anilines is 1. The number of carbonyl (C=O) groups is 3. The van der Waals surface area contributed by atoms with Crippen molar-refractivity contribution >= 4 is 34.2 Å². The van der Waals surface area contributed by atoms with Gasteiger partial charge in [0.1, 0.15) is 5.00 Å². The Morgan fingerprint density at radius 1 is 1.03 bits per heavy atom. The number of benzene rings is 2. The zero-order valence-electron chi connectivity index (χ0n) is 18.9. The van der Waals surface area contributed by atoms with E-state index in [2.05, 4.69) is 5.32 Å². The molecule has 1 N–H and O–H groups in total. The first-order valence-electron chi connectivity index (χ1n) is 10.5. The number of amides is 1. The fraction of sp³-hybridized carbons (Fsp3) is 0.240. The Bertz CT molecular complexity index is 1260. The van der Waals surface area contributed by atoms with Crippen LogP contribution in [0.1, 0.15) is 42.3 Å². The van der Waals surface area contributed by atoms with Crippen molar-refractivity contribution in [1.29, 1.82) is 0 Å². The number of rotatable bonds is 7. The molecule has 1 aliphatic heterocycles. The predicted octanol–water partition coefficient (Wildman–Crippen LogP) is 4.27. The van der Waals surface area contributed by atoms with Crippen molar-refractivity contribution in [2.45, 2.75) is 20.3 Å². The third-order valence-electron chi connectivity index (χ3n) is 5.26. The first-order chi connectivity index (χ1) is 16.4. The molecule has 0 saturated heterocycles. The van der Waals surface area contributed by atoms with E-state index in [4.69, 9.17) is 18.9 Å². The van der Waals surface area contributed by atoms with E-state index >= 15 is 0 Å². The zero-order chi connectivity index (χ0) is 24.2. The molecular formula is C25H23NO7S. The molecule has 0 spiro atoms. The van der Waals surface area contributed by atoms with E-state index in [1.165, 1.54) is 18.4 Å². The van der Waals surface area contributed by atoms with Crippen molar-refractivity contribution in [1.82, 2.24) is 0 Å². The summed E-state index contributed by atoms with van der Waals surface area (Å²) >= 11 is 1.26. The number of esters is 2. The van der Waals surface area contributed by atoms with Gasteiger partial charge in [-0.05, 0) is 55.7 Å². The van der Waals surface area contributed by atoms with E-state index in [1.54, 1.807) is 18.2 Å². The Balaban J connectivity index is 1.49. The van der Waals surface area contributed by atoms with Gasteiger partial charge in [-0.25, -0.2) is 9.59 Å². The number of carbonyl (C=O) groups excluding carboxylic acids is 3. The fourth-order valence-electron chi connectivity index (χ4n) is 3.60. The van der Waals surface area contributed by atoms with Gasteiger partial charge in [-0.2, -0.15) is 0 Å². The van der Waals surface area contributed by atoms with Crippen molar-refractivity contribution < 1.29 is 33.3 Å². The minimum atomic E-state index is -0.599. The molecule has 9 heteroatoms. The van der Waals surface area contributed by atoms with Crippen LogP contribution in [-0.4, -0.2) is 38.4 Å². The number of thiophene rings is 1. The second kappa shape index (κ2) is 9.96. The summed E-state index contributed by atoms with van der Waals surface area (Å²) < 4.78 is 20.9. The van der Waals surface area contributed by atoms with Gasteiger partial charge >= 0.3 is 11.9 Å². The molecule has 1 aromatic heterocycles. The van der Waals surface area contributed by atoms with Gasteiger partial charge in [-0.3, -0.25) is 4.79 Å². The molecule has 0 atom stereocenters. The van der Waals surface area contributed by atoms with Crippen LogP contribution in [0.2, 0.25) is 0 Å². The van der Waals surface area contributed by atoms with Crippen molar-refractivity contribution in [3.05, 3.63) is 75.2 Å². The Kier molecular flexibility index (Phi) is 6.83. The fourth-order valence-corrected chi connectivity index (χ4v) is 4.68. The van der Waals surface area contributed by atoms with E-state index in [9.17, 15) is 14.4 Å². The third kappa shape index (κ3) is 5.04. The molecule has 0 bridgehead atoms. The summed E-state index contributed by atoms with van der Waals surface area (Å²) in [5, 5.41) is 3.03. The SMILES string of the molecule is COC(=O)c1c(NC(=O)COC(=O)c2cccc(C)c2)sc(C)c1Cc1ccc2c(c1)OCO2. The number of nitrogens with one attached hydrogen (secondary N) is 1. The van der Waals surface area contributed by atoms with Crippen LogP contribution in [-0.2, 0) is 20.7 Å². The number of methoxy groups -OCH3 is 1. The highest BCUT2D eigenvalue weighted by molar-refractivity contribution is 7.16. The molecule has 176 valence electrons. The minimum absolute atomic E-state index is 0.175. The Morgan fingerprint density at radius 3 is 2.59 bits per heavy atom. The molecule has 0 fully saturated rings. The van der Waals surface area contributed by atoms with Crippen LogP contribution < -0.4 is 14.8 Å². The Hall–Kier alpha value is -3.85. The van der Waals surface area contributed by atoms with Gasteiger partial charge < -0.3 is 24.3 Å². The lowest BCUT2D eigenvalue weighted by Crippen LogP contribution is -2.21. The van der Waals surface area contributed by atoms with Gasteiger partial charge in [0.05, 0.1) is 18.2 Å². The van der Waals surface area contributed by atoms with Crippen LogP contribution in [0.5, 0.6) is 11.5 Å². The Labute approximate surface area is 200 Å². The monoisotopic (exact) mass is 481 g/mol. The molecule has 0 saturated carbocycles. The highest BCUT2D eigenvalue weighted by Crippen LogP contribution is 2.37. The second-order valence-corrected chi connectivity index (χ2v) is 8.92. The summed E-state index contributed by atoms with van der Waals surface area (Å²) in [6.45, 7) is 3.42. The molecule has 4 rings (SSSR count). The Morgan fingerprint density at radius 2 is 1.82 bits per heavy atom. The number of hydrogen-bond acceptors (Lipinski definition) is 8. The van der Waals surface area contributed by atoms with Gasteiger partial charge in [-0.1, -0.05) is 23.8 Å². The normalized spacial score (nSPS) is 11.7. The quantitative estimate of drug-likeness (QED) is 0.503. The largest absolute Gasteiger partial charge is 0.465 e. The first kappa shape index (κ1) is 23.3. The predicted molar refractivity (Wildman–Crippen MR) is 126 cm³/mol. The zero-order valence-corrected chi connectivity index (χ0v) is 19.7. The average molecular weight is 482 g/mol. The summed E-state index contributed by atoms with van der Waals surface area (Å²) in [5.74, 6) is -0.395. The van der Waals surface area contributed by atoms with Crippen molar-refractivity contribution in [2.75, 3.05) is 25.8 Å². The molecule has 2 heterocycles. The van der Waals surface area contributed by atoms with Crippen molar-refractivity contribution in [2.24, 2.45) is 0 Å². The van der Waals surface area contributed by atoms with E-state index in [-0.39, 0.29) is 12.4 Å².